The van der Waals surface area contributed by atoms with E-state index in [1.807, 2.05) is 17.2 Å². The predicted octanol–water partition coefficient (Wildman–Crippen LogP) is 1.38. The van der Waals surface area contributed by atoms with E-state index in [1.54, 1.807) is 6.92 Å². The van der Waals surface area contributed by atoms with Crippen molar-refractivity contribution in [3.63, 3.8) is 0 Å². The highest BCUT2D eigenvalue weighted by atomic mass is 16.2. The predicted molar refractivity (Wildman–Crippen MR) is 87.1 cm³/mol. The van der Waals surface area contributed by atoms with E-state index >= 15 is 0 Å². The van der Waals surface area contributed by atoms with Crippen LogP contribution in [0.2, 0.25) is 0 Å². The molecule has 0 radical (unpaired) electrons. The molecule has 6 heteroatoms. The highest BCUT2D eigenvalue weighted by molar-refractivity contribution is 5.73. The molecule has 2 saturated heterocycles. The average molecular weight is 303 g/mol. The monoisotopic (exact) mass is 303 g/mol. The zero-order valence-corrected chi connectivity index (χ0v) is 13.5. The fraction of sp³-hybridized carbons (Fsp3) is 0.688. The molecule has 0 spiro atoms. The Kier molecular flexibility index (Phi) is 4.45. The molecule has 0 N–H and O–H groups in total. The van der Waals surface area contributed by atoms with Crippen molar-refractivity contribution < 1.29 is 4.79 Å². The first-order chi connectivity index (χ1) is 10.6. The zero-order chi connectivity index (χ0) is 15.5. The Bertz CT molecular complexity index is 519. The van der Waals surface area contributed by atoms with E-state index in [-0.39, 0.29) is 5.91 Å². The minimum absolute atomic E-state index is 0.158. The van der Waals surface area contributed by atoms with Gasteiger partial charge in [-0.3, -0.25) is 4.79 Å². The molecule has 3 heterocycles. The molecular weight excluding hydrogens is 278 g/mol. The van der Waals surface area contributed by atoms with Crippen LogP contribution in [0.3, 0.4) is 0 Å². The lowest BCUT2D eigenvalue weighted by Gasteiger charge is -2.35. The topological polar surface area (TPSA) is 52.6 Å². The van der Waals surface area contributed by atoms with Gasteiger partial charge < -0.3 is 14.7 Å². The maximum atomic E-state index is 11.4. The highest BCUT2D eigenvalue weighted by Crippen LogP contribution is 2.22. The summed E-state index contributed by atoms with van der Waals surface area (Å²) in [6.45, 7) is 9.26. The number of nitrogens with zero attached hydrogens (tertiary/aromatic N) is 5. The number of carbonyl (C=O) groups is 1. The lowest BCUT2D eigenvalue weighted by molar-refractivity contribution is -0.129. The van der Waals surface area contributed by atoms with Crippen molar-refractivity contribution in [1.82, 2.24) is 14.9 Å². The second-order valence-corrected chi connectivity index (χ2v) is 6.38. The summed E-state index contributed by atoms with van der Waals surface area (Å²) in [5, 5.41) is 0. The first-order valence-corrected chi connectivity index (χ1v) is 8.22. The normalized spacial score (nSPS) is 20.4. The number of rotatable bonds is 2. The third kappa shape index (κ3) is 3.31. The van der Waals surface area contributed by atoms with E-state index < -0.39 is 0 Å². The van der Waals surface area contributed by atoms with Gasteiger partial charge in [0.25, 0.3) is 0 Å². The van der Waals surface area contributed by atoms with Crippen LogP contribution in [-0.2, 0) is 4.79 Å². The maximum Gasteiger partial charge on any atom is 0.227 e. The number of piperidine rings is 1. The fourth-order valence-corrected chi connectivity index (χ4v) is 3.13. The first kappa shape index (κ1) is 15.1. The van der Waals surface area contributed by atoms with Crippen LogP contribution in [0.25, 0.3) is 0 Å². The molecule has 6 nitrogen and oxygen atoms in total. The van der Waals surface area contributed by atoms with Crippen LogP contribution >= 0.6 is 0 Å². The number of hydrogen-bond donors (Lipinski definition) is 0. The molecule has 2 aliphatic heterocycles. The third-order valence-corrected chi connectivity index (χ3v) is 4.74. The Morgan fingerprint density at radius 1 is 1.09 bits per heavy atom. The number of piperazine rings is 1. The molecule has 0 aromatic carbocycles. The Balaban J connectivity index is 1.66. The zero-order valence-electron chi connectivity index (χ0n) is 13.5. The van der Waals surface area contributed by atoms with Crippen LogP contribution in [0.4, 0.5) is 11.8 Å². The molecule has 0 saturated carbocycles. The van der Waals surface area contributed by atoms with E-state index in [1.165, 1.54) is 12.8 Å². The van der Waals surface area contributed by atoms with Gasteiger partial charge in [-0.15, -0.1) is 0 Å². The van der Waals surface area contributed by atoms with Gasteiger partial charge in [-0.1, -0.05) is 6.92 Å². The summed E-state index contributed by atoms with van der Waals surface area (Å²) in [4.78, 5) is 27.0. The Morgan fingerprint density at radius 2 is 1.77 bits per heavy atom. The molecule has 0 atom stereocenters. The van der Waals surface area contributed by atoms with Crippen LogP contribution in [0.5, 0.6) is 0 Å². The van der Waals surface area contributed by atoms with Crippen molar-refractivity contribution >= 4 is 17.7 Å². The molecule has 2 fully saturated rings. The van der Waals surface area contributed by atoms with Crippen LogP contribution in [-0.4, -0.2) is 60.0 Å². The Labute approximate surface area is 132 Å². The van der Waals surface area contributed by atoms with Gasteiger partial charge in [-0.05, 0) is 24.8 Å². The summed E-state index contributed by atoms with van der Waals surface area (Å²) < 4.78 is 0. The highest BCUT2D eigenvalue weighted by Gasteiger charge is 2.22. The lowest BCUT2D eigenvalue weighted by atomic mass is 10.00. The van der Waals surface area contributed by atoms with Crippen LogP contribution in [0.1, 0.15) is 26.7 Å². The second-order valence-electron chi connectivity index (χ2n) is 6.38. The van der Waals surface area contributed by atoms with Crippen molar-refractivity contribution in [2.24, 2.45) is 5.92 Å². The minimum Gasteiger partial charge on any atom is -0.353 e. The maximum absolute atomic E-state index is 11.4. The average Bonchev–Trinajstić information content (AvgIpc) is 2.56. The summed E-state index contributed by atoms with van der Waals surface area (Å²) in [5.41, 5.74) is 0. The number of anilines is 2. The van der Waals surface area contributed by atoms with E-state index in [9.17, 15) is 4.79 Å². The second kappa shape index (κ2) is 6.50. The SMILES string of the molecule is CC(=O)N1CCN(c2ccnc(N3CCC(C)CC3)n2)CC1. The Hall–Kier alpha value is -1.85. The van der Waals surface area contributed by atoms with Gasteiger partial charge in [0.05, 0.1) is 0 Å². The summed E-state index contributed by atoms with van der Waals surface area (Å²) in [7, 11) is 0. The molecule has 22 heavy (non-hydrogen) atoms. The van der Waals surface area contributed by atoms with Crippen molar-refractivity contribution in [2.45, 2.75) is 26.7 Å². The minimum atomic E-state index is 0.158. The molecule has 0 bridgehead atoms. The van der Waals surface area contributed by atoms with E-state index in [0.717, 1.165) is 57.0 Å². The quantitative estimate of drug-likeness (QED) is 0.826. The molecule has 0 unspecified atom stereocenters. The van der Waals surface area contributed by atoms with Gasteiger partial charge in [0, 0.05) is 52.4 Å². The van der Waals surface area contributed by atoms with Crippen molar-refractivity contribution in [3.8, 4) is 0 Å². The molecule has 1 amide bonds. The van der Waals surface area contributed by atoms with Gasteiger partial charge in [0.1, 0.15) is 5.82 Å². The summed E-state index contributed by atoms with van der Waals surface area (Å²) >= 11 is 0. The number of carbonyl (C=O) groups excluding carboxylic acids is 1. The largest absolute Gasteiger partial charge is 0.353 e. The van der Waals surface area contributed by atoms with E-state index in [4.69, 9.17) is 4.98 Å². The van der Waals surface area contributed by atoms with Crippen LogP contribution in [0.15, 0.2) is 12.3 Å². The van der Waals surface area contributed by atoms with E-state index in [2.05, 4.69) is 21.7 Å². The van der Waals surface area contributed by atoms with Gasteiger partial charge in [0.2, 0.25) is 11.9 Å². The molecule has 2 aliphatic rings. The first-order valence-electron chi connectivity index (χ1n) is 8.22. The number of aromatic nitrogens is 2. The van der Waals surface area contributed by atoms with Gasteiger partial charge in [0.15, 0.2) is 0 Å². The van der Waals surface area contributed by atoms with Gasteiger partial charge >= 0.3 is 0 Å². The Morgan fingerprint density at radius 3 is 2.41 bits per heavy atom. The summed E-state index contributed by atoms with van der Waals surface area (Å²) in [5.74, 6) is 2.79. The molecule has 1 aromatic rings. The standard InChI is InChI=1S/C16H25N5O/c1-13-4-7-21(8-5-13)16-17-6-3-15(18-16)20-11-9-19(10-12-20)14(2)22/h3,6,13H,4-5,7-12H2,1-2H3. The van der Waals surface area contributed by atoms with Crippen molar-refractivity contribution in [3.05, 3.63) is 12.3 Å². The molecule has 0 aliphatic carbocycles. The number of hydrogen-bond acceptors (Lipinski definition) is 5. The molecule has 120 valence electrons. The fourth-order valence-electron chi connectivity index (χ4n) is 3.13. The third-order valence-electron chi connectivity index (χ3n) is 4.74. The van der Waals surface area contributed by atoms with Crippen molar-refractivity contribution in [1.29, 1.82) is 0 Å². The summed E-state index contributed by atoms with van der Waals surface area (Å²) in [6.07, 6.45) is 4.28. The summed E-state index contributed by atoms with van der Waals surface area (Å²) in [6, 6.07) is 1.97. The molecule has 3 rings (SSSR count). The smallest absolute Gasteiger partial charge is 0.227 e. The molecule has 1 aromatic heterocycles. The lowest BCUT2D eigenvalue weighted by Crippen LogP contribution is -2.48. The van der Waals surface area contributed by atoms with Gasteiger partial charge in [-0.2, -0.15) is 4.98 Å². The van der Waals surface area contributed by atoms with E-state index in [0.29, 0.717) is 0 Å². The molecular formula is C16H25N5O. The number of amides is 1. The van der Waals surface area contributed by atoms with Crippen LogP contribution in [0, 0.1) is 5.92 Å². The van der Waals surface area contributed by atoms with Crippen molar-refractivity contribution in [2.75, 3.05) is 49.1 Å². The van der Waals surface area contributed by atoms with Gasteiger partial charge in [-0.25, -0.2) is 4.98 Å². The van der Waals surface area contributed by atoms with Crippen LogP contribution < -0.4 is 9.80 Å².